The van der Waals surface area contributed by atoms with Crippen LogP contribution in [0.4, 0.5) is 0 Å². The first-order chi connectivity index (χ1) is 11.1. The minimum atomic E-state index is 1.11. The van der Waals surface area contributed by atoms with E-state index in [1.807, 2.05) is 23.1 Å². The van der Waals surface area contributed by atoms with Gasteiger partial charge in [-0.05, 0) is 63.0 Å². The van der Waals surface area contributed by atoms with E-state index in [4.69, 9.17) is 0 Å². The Balaban J connectivity index is 1.67. The van der Waals surface area contributed by atoms with Crippen molar-refractivity contribution in [1.29, 1.82) is 0 Å². The molecular formula is C19H28N4. The third-order valence-electron chi connectivity index (χ3n) is 5.04. The van der Waals surface area contributed by atoms with Gasteiger partial charge in [-0.15, -0.1) is 0 Å². The maximum Gasteiger partial charge on any atom is 0.0709 e. The molecule has 1 aliphatic rings. The Labute approximate surface area is 139 Å². The van der Waals surface area contributed by atoms with Gasteiger partial charge in [0.05, 0.1) is 5.69 Å². The van der Waals surface area contributed by atoms with Gasteiger partial charge in [-0.25, -0.2) is 4.68 Å². The van der Waals surface area contributed by atoms with Gasteiger partial charge < -0.3 is 9.80 Å². The Morgan fingerprint density at radius 1 is 1.09 bits per heavy atom. The van der Waals surface area contributed by atoms with Crippen LogP contribution in [0.5, 0.6) is 0 Å². The first-order valence-corrected chi connectivity index (χ1v) is 8.65. The lowest BCUT2D eigenvalue weighted by Crippen LogP contribution is -2.44. The molecule has 23 heavy (non-hydrogen) atoms. The number of piperazine rings is 1. The molecule has 1 aromatic heterocycles. The number of hydrogen-bond donors (Lipinski definition) is 0. The summed E-state index contributed by atoms with van der Waals surface area (Å²) in [5.41, 5.74) is 5.35. The molecule has 0 atom stereocenters. The van der Waals surface area contributed by atoms with Crippen molar-refractivity contribution in [1.82, 2.24) is 19.6 Å². The topological polar surface area (TPSA) is 24.3 Å². The average molecular weight is 312 g/mol. The Bertz CT molecular complexity index is 625. The number of benzene rings is 1. The second-order valence-corrected chi connectivity index (χ2v) is 6.71. The Morgan fingerprint density at radius 3 is 2.57 bits per heavy atom. The van der Waals surface area contributed by atoms with Crippen molar-refractivity contribution >= 4 is 0 Å². The molecule has 2 aromatic rings. The molecule has 4 nitrogen and oxygen atoms in total. The van der Waals surface area contributed by atoms with E-state index in [1.165, 1.54) is 61.5 Å². The highest BCUT2D eigenvalue weighted by Gasteiger charge is 2.14. The summed E-state index contributed by atoms with van der Waals surface area (Å²) >= 11 is 0. The maximum absolute atomic E-state index is 4.46. The molecule has 0 aliphatic carbocycles. The standard InChI is InChI=1S/C19H28N4/c1-16-7-8-18(19(17(16)2)23-11-5-9-20-23)6-4-10-22-14-12-21(3)13-15-22/h5,7-9,11H,4,6,10,12-15H2,1-3H3. The molecule has 0 amide bonds. The molecule has 0 radical (unpaired) electrons. The van der Waals surface area contributed by atoms with Crippen molar-refractivity contribution in [3.63, 3.8) is 0 Å². The number of likely N-dealkylation sites (N-methyl/N-ethyl adjacent to an activating group) is 1. The number of aryl methyl sites for hydroxylation is 2. The highest BCUT2D eigenvalue weighted by atomic mass is 15.3. The van der Waals surface area contributed by atoms with Crippen LogP contribution in [-0.4, -0.2) is 59.4 Å². The van der Waals surface area contributed by atoms with Crippen LogP contribution in [0.2, 0.25) is 0 Å². The number of hydrogen-bond acceptors (Lipinski definition) is 3. The molecule has 1 aliphatic heterocycles. The van der Waals surface area contributed by atoms with Crippen molar-refractivity contribution in [2.75, 3.05) is 39.8 Å². The molecule has 0 bridgehead atoms. The first kappa shape index (κ1) is 16.2. The Hall–Kier alpha value is -1.65. The normalized spacial score (nSPS) is 16.8. The summed E-state index contributed by atoms with van der Waals surface area (Å²) in [4.78, 5) is 5.00. The molecule has 124 valence electrons. The molecule has 2 heterocycles. The fraction of sp³-hybridized carbons (Fsp3) is 0.526. The molecule has 4 heteroatoms. The highest BCUT2D eigenvalue weighted by Crippen LogP contribution is 2.23. The SMILES string of the molecule is Cc1ccc(CCCN2CCN(C)CC2)c(-n2cccn2)c1C. The quantitative estimate of drug-likeness (QED) is 0.848. The summed E-state index contributed by atoms with van der Waals surface area (Å²) in [6, 6.07) is 6.52. The monoisotopic (exact) mass is 312 g/mol. The van der Waals surface area contributed by atoms with Gasteiger partial charge >= 0.3 is 0 Å². The van der Waals surface area contributed by atoms with Crippen molar-refractivity contribution in [3.8, 4) is 5.69 Å². The van der Waals surface area contributed by atoms with Gasteiger partial charge in [0.1, 0.15) is 0 Å². The summed E-state index contributed by atoms with van der Waals surface area (Å²) in [6.07, 6.45) is 6.23. The minimum Gasteiger partial charge on any atom is -0.304 e. The number of nitrogens with zero attached hydrogens (tertiary/aromatic N) is 4. The van der Waals surface area contributed by atoms with Crippen LogP contribution in [0.1, 0.15) is 23.1 Å². The fourth-order valence-electron chi connectivity index (χ4n) is 3.34. The summed E-state index contributed by atoms with van der Waals surface area (Å²) < 4.78 is 2.02. The molecule has 0 N–H and O–H groups in total. The molecule has 1 aromatic carbocycles. The zero-order valence-electron chi connectivity index (χ0n) is 14.6. The molecule has 3 rings (SSSR count). The van der Waals surface area contributed by atoms with Crippen molar-refractivity contribution in [2.45, 2.75) is 26.7 Å². The van der Waals surface area contributed by atoms with Crippen LogP contribution >= 0.6 is 0 Å². The zero-order chi connectivity index (χ0) is 16.2. The number of rotatable bonds is 5. The largest absolute Gasteiger partial charge is 0.304 e. The van der Waals surface area contributed by atoms with E-state index in [0.29, 0.717) is 0 Å². The van der Waals surface area contributed by atoms with Gasteiger partial charge in [0.2, 0.25) is 0 Å². The maximum atomic E-state index is 4.46. The van der Waals surface area contributed by atoms with E-state index in [9.17, 15) is 0 Å². The number of aromatic nitrogens is 2. The smallest absolute Gasteiger partial charge is 0.0709 e. The third kappa shape index (κ3) is 3.82. The lowest BCUT2D eigenvalue weighted by Gasteiger charge is -2.32. The van der Waals surface area contributed by atoms with Crippen LogP contribution < -0.4 is 0 Å². The van der Waals surface area contributed by atoms with Gasteiger partial charge in [-0.2, -0.15) is 5.10 Å². The summed E-state index contributed by atoms with van der Waals surface area (Å²) in [5.74, 6) is 0. The summed E-state index contributed by atoms with van der Waals surface area (Å²) in [7, 11) is 2.21. The fourth-order valence-corrected chi connectivity index (χ4v) is 3.34. The van der Waals surface area contributed by atoms with E-state index < -0.39 is 0 Å². The zero-order valence-corrected chi connectivity index (χ0v) is 14.6. The third-order valence-corrected chi connectivity index (χ3v) is 5.04. The van der Waals surface area contributed by atoms with Gasteiger partial charge in [-0.1, -0.05) is 12.1 Å². The molecule has 1 fully saturated rings. The van der Waals surface area contributed by atoms with E-state index in [0.717, 1.165) is 6.42 Å². The lowest BCUT2D eigenvalue weighted by atomic mass is 9.99. The van der Waals surface area contributed by atoms with Crippen LogP contribution in [0.25, 0.3) is 5.69 Å². The van der Waals surface area contributed by atoms with Crippen molar-refractivity contribution < 1.29 is 0 Å². The summed E-state index contributed by atoms with van der Waals surface area (Å²) in [6.45, 7) is 10.4. The molecule has 0 unspecified atom stereocenters. The first-order valence-electron chi connectivity index (χ1n) is 8.65. The minimum absolute atomic E-state index is 1.11. The average Bonchev–Trinajstić information content (AvgIpc) is 3.07. The predicted molar refractivity (Wildman–Crippen MR) is 95.3 cm³/mol. The Morgan fingerprint density at radius 2 is 1.87 bits per heavy atom. The van der Waals surface area contributed by atoms with E-state index in [1.54, 1.807) is 0 Å². The molecular weight excluding hydrogens is 284 g/mol. The predicted octanol–water partition coefficient (Wildman–Crippen LogP) is 2.67. The van der Waals surface area contributed by atoms with Gasteiger partial charge in [0, 0.05) is 38.6 Å². The highest BCUT2D eigenvalue weighted by molar-refractivity contribution is 5.50. The van der Waals surface area contributed by atoms with Gasteiger partial charge in [0.25, 0.3) is 0 Å². The van der Waals surface area contributed by atoms with E-state index >= 15 is 0 Å². The summed E-state index contributed by atoms with van der Waals surface area (Å²) in [5, 5.41) is 4.46. The molecule has 1 saturated heterocycles. The van der Waals surface area contributed by atoms with Crippen LogP contribution in [-0.2, 0) is 6.42 Å². The van der Waals surface area contributed by atoms with Crippen LogP contribution in [0.15, 0.2) is 30.6 Å². The van der Waals surface area contributed by atoms with E-state index in [2.05, 4.69) is 47.9 Å². The van der Waals surface area contributed by atoms with Crippen molar-refractivity contribution in [2.24, 2.45) is 0 Å². The van der Waals surface area contributed by atoms with Crippen LogP contribution in [0, 0.1) is 13.8 Å². The van der Waals surface area contributed by atoms with Crippen molar-refractivity contribution in [3.05, 3.63) is 47.3 Å². The second-order valence-electron chi connectivity index (χ2n) is 6.71. The van der Waals surface area contributed by atoms with Gasteiger partial charge in [-0.3, -0.25) is 0 Å². The van der Waals surface area contributed by atoms with E-state index in [-0.39, 0.29) is 0 Å². The Kier molecular flexibility index (Phi) is 5.13. The second kappa shape index (κ2) is 7.28. The lowest BCUT2D eigenvalue weighted by molar-refractivity contribution is 0.153. The molecule has 0 spiro atoms. The molecule has 0 saturated carbocycles. The van der Waals surface area contributed by atoms with Crippen LogP contribution in [0.3, 0.4) is 0 Å². The van der Waals surface area contributed by atoms with Gasteiger partial charge in [0.15, 0.2) is 0 Å².